The van der Waals surface area contributed by atoms with Gasteiger partial charge in [0.05, 0.1) is 76.6 Å². The van der Waals surface area contributed by atoms with E-state index in [1.54, 1.807) is 196 Å². The Morgan fingerprint density at radius 3 is 0.962 bits per heavy atom. The maximum atomic E-state index is 14.4. The molecule has 2 aliphatic heterocycles. The number of hydrogen-bond acceptors (Lipinski definition) is 28. The quantitative estimate of drug-likeness (QED) is 0.0184. The first-order valence-corrected chi connectivity index (χ1v) is 45.3. The van der Waals surface area contributed by atoms with Gasteiger partial charge in [-0.05, 0) is 276 Å². The van der Waals surface area contributed by atoms with Crippen LogP contribution in [0.3, 0.4) is 0 Å². The van der Waals surface area contributed by atoms with Gasteiger partial charge in [-0.15, -0.1) is 0 Å². The molecule has 5 heterocycles. The van der Waals surface area contributed by atoms with Gasteiger partial charge in [0.1, 0.15) is 56.1 Å². The zero-order valence-corrected chi connectivity index (χ0v) is 83.4. The van der Waals surface area contributed by atoms with Gasteiger partial charge >= 0.3 is 47.8 Å². The number of ether oxygens (including phenoxy) is 8. The lowest BCUT2D eigenvalue weighted by molar-refractivity contribution is -0.162. The van der Waals surface area contributed by atoms with Crippen molar-refractivity contribution in [2.75, 3.05) is 118 Å². The third-order valence-electron chi connectivity index (χ3n) is 19.9. The molecule has 3 aromatic heterocycles. The molecule has 728 valence electrons. The van der Waals surface area contributed by atoms with E-state index in [4.69, 9.17) is 47.9 Å². The van der Waals surface area contributed by atoms with E-state index >= 15 is 0 Å². The summed E-state index contributed by atoms with van der Waals surface area (Å²) in [5.74, 6) is -6.65. The van der Waals surface area contributed by atoms with E-state index in [0.717, 1.165) is 38.9 Å². The van der Waals surface area contributed by atoms with E-state index in [0.29, 0.717) is 64.7 Å². The molecular weight excluding hydrogens is 1670 g/mol. The van der Waals surface area contributed by atoms with E-state index in [1.807, 2.05) is 31.2 Å². The molecule has 3 aromatic rings. The number of fused-ring (bicyclic) bond motifs is 7. The van der Waals surface area contributed by atoms with Crippen molar-refractivity contribution in [3.8, 4) is 0 Å². The third-order valence-corrected chi connectivity index (χ3v) is 19.9. The number of carbonyl (C=O) groups is 12. The van der Waals surface area contributed by atoms with Crippen LogP contribution in [-0.4, -0.2) is 284 Å². The average molecular weight is 1830 g/mol. The number of aromatic amines is 3. The van der Waals surface area contributed by atoms with Crippen LogP contribution in [0.2, 0.25) is 0 Å². The second kappa shape index (κ2) is 47.4. The molecule has 4 amide bonds. The Morgan fingerprint density at radius 1 is 0.346 bits per heavy atom. The Balaban J connectivity index is 1.55. The highest BCUT2D eigenvalue weighted by Crippen LogP contribution is 2.43. The number of amides is 4. The van der Waals surface area contributed by atoms with Gasteiger partial charge in [-0.2, -0.15) is 0 Å². The first-order valence-electron chi connectivity index (χ1n) is 45.3. The maximum Gasteiger partial charge on any atom is 0.320 e. The number of aromatic nitrogens is 3. The number of nitrogens with zero attached hydrogens (tertiary/aromatic N) is 8. The van der Waals surface area contributed by atoms with Gasteiger partial charge in [0.25, 0.3) is 11.8 Å². The molecule has 8 bridgehead atoms. The van der Waals surface area contributed by atoms with E-state index in [-0.39, 0.29) is 143 Å². The largest absolute Gasteiger partial charge is 0.459 e. The highest BCUT2D eigenvalue weighted by Gasteiger charge is 2.40. The Labute approximate surface area is 768 Å². The molecule has 0 fully saturated rings. The van der Waals surface area contributed by atoms with E-state index < -0.39 is 122 Å². The summed E-state index contributed by atoms with van der Waals surface area (Å²) in [7, 11) is 0. The second-order valence-corrected chi connectivity index (χ2v) is 41.4. The Kier molecular flexibility index (Phi) is 40.3. The monoisotopic (exact) mass is 1820 g/mol. The lowest BCUT2D eigenvalue weighted by atomic mass is 9.78. The number of hydrogen-bond donors (Lipinski definition) is 7. The molecule has 5 rings (SSSR count). The summed E-state index contributed by atoms with van der Waals surface area (Å²) >= 11 is 0. The van der Waals surface area contributed by atoms with Gasteiger partial charge in [0.2, 0.25) is 11.8 Å². The molecule has 0 aromatic carbocycles. The summed E-state index contributed by atoms with van der Waals surface area (Å²) in [5, 5.41) is 2.14. The molecular formula is C95H153N15O20. The summed E-state index contributed by atoms with van der Waals surface area (Å²) in [6, 6.07) is 1.95. The minimum absolute atomic E-state index is 0.0199. The second-order valence-electron chi connectivity index (χ2n) is 41.4. The Hall–Kier alpha value is -9.94. The fourth-order valence-corrected chi connectivity index (χ4v) is 14.6. The minimum atomic E-state index is -0.855. The topological polar surface area (TPSA) is 418 Å². The number of H-pyrrole nitrogens is 3. The molecule has 0 spiro atoms. The van der Waals surface area contributed by atoms with Gasteiger partial charge < -0.3 is 52.8 Å². The van der Waals surface area contributed by atoms with Crippen molar-refractivity contribution in [3.63, 3.8) is 0 Å². The summed E-state index contributed by atoms with van der Waals surface area (Å²) in [6.07, 6.45) is 8.64. The van der Waals surface area contributed by atoms with Gasteiger partial charge in [0.15, 0.2) is 0 Å². The lowest BCUT2D eigenvalue weighted by Crippen LogP contribution is -2.50. The molecule has 2 aliphatic rings. The number of esters is 8. The number of hydrazine groups is 2. The summed E-state index contributed by atoms with van der Waals surface area (Å²) < 4.78 is 45.2. The van der Waals surface area contributed by atoms with Crippen LogP contribution in [0.5, 0.6) is 0 Å². The predicted octanol–water partition coefficient (Wildman–Crippen LogP) is 6.37. The molecule has 0 radical (unpaired) electrons. The molecule has 0 saturated carbocycles. The first kappa shape index (κ1) is 111. The number of rotatable bonds is 42. The summed E-state index contributed by atoms with van der Waals surface area (Å²) in [4.78, 5) is 196. The van der Waals surface area contributed by atoms with Crippen LogP contribution >= 0.6 is 0 Å². The fraction of sp³-hybridized carbons (Fsp3) is 0.684. The summed E-state index contributed by atoms with van der Waals surface area (Å²) in [5.41, 5.74) is 11.1. The van der Waals surface area contributed by atoms with Crippen molar-refractivity contribution in [2.24, 2.45) is 15.4 Å². The molecule has 35 heteroatoms. The molecule has 1 atom stereocenters. The number of aliphatic imine (C=N–C) groups is 1. The zero-order chi connectivity index (χ0) is 98.2. The van der Waals surface area contributed by atoms with Gasteiger partial charge in [-0.3, -0.25) is 109 Å². The van der Waals surface area contributed by atoms with Crippen molar-refractivity contribution >= 4 is 95.4 Å². The standard InChI is InChI=1S/C95H153N15O20/c1-31-64-65(32-2)85-98-70(64)48-63-47-62(35-37-73(111)101-103-75(113)51-105(39-43-107(53-77(115)123-87(6,7)8)54-78(116)124-88(9,10)11)40-44-108(55-79(117)125-89(12,13)14)56-80(118)126-90(15,16)17)69(96-63)50-71-66(61(5)68(97-71)49-72-67(33-3)95(30,34-4)86(99-72)100-85)36-38-74(112)102-104-76(114)52-106(41-45-109(57-81(119)127-91(18,19)20)58-82(120)128-92(21,22)23)42-46-110(59-83(121)129-93(24,25)26)60-84(122)130-94(27,28)29/h47-50,96-97H,31-46,51-60H2,1-30H3,(H,101,111)(H,102,112)(H,103,113)(H,104,114)(H,98,99,100)/b68-49-,70-48?,71-50?. The van der Waals surface area contributed by atoms with Crippen molar-refractivity contribution < 1.29 is 95.4 Å². The first-order chi connectivity index (χ1) is 59.8. The van der Waals surface area contributed by atoms with Gasteiger partial charge in [-0.25, -0.2) is 9.98 Å². The molecule has 0 saturated heterocycles. The van der Waals surface area contributed by atoms with Crippen molar-refractivity contribution in [2.45, 2.75) is 304 Å². The molecule has 7 N–H and O–H groups in total. The smallest absolute Gasteiger partial charge is 0.320 e. The average Bonchev–Trinajstić information content (AvgIpc) is 1.60. The molecule has 35 nitrogen and oxygen atoms in total. The zero-order valence-electron chi connectivity index (χ0n) is 83.4. The van der Waals surface area contributed by atoms with E-state index in [1.165, 1.54) is 0 Å². The van der Waals surface area contributed by atoms with Gasteiger partial charge in [-0.1, -0.05) is 27.7 Å². The van der Waals surface area contributed by atoms with Crippen LogP contribution in [0.4, 0.5) is 0 Å². The number of amidine groups is 1. The van der Waals surface area contributed by atoms with Gasteiger partial charge in [0, 0.05) is 92.6 Å². The summed E-state index contributed by atoms with van der Waals surface area (Å²) in [6.45, 7) is 50.8. The van der Waals surface area contributed by atoms with E-state index in [2.05, 4.69) is 71.3 Å². The maximum absolute atomic E-state index is 14.4. The third kappa shape index (κ3) is 40.8. The lowest BCUT2D eigenvalue weighted by Gasteiger charge is -2.30. The molecule has 0 aliphatic carbocycles. The SMILES string of the molecule is CCC1=C2/C=c3\[nH]c(c(CCC(=O)NNC(=O)CN(CCN(CC(=O)OC(C)(C)C)CC(=O)OC(C)(C)C)CCN(CC(=O)OC(C)(C)C)CC(=O)OC(C)(C)C)c3C)=Cc3[nH]c(cc3CCC(=O)NNC(=O)CN(CCN(CC(=O)OC(C)(C)C)CC(=O)OC(C)(C)C)CCN(CC(=O)OC(C)(C)C)CC(=O)OC(C)(C)C)C=c3[nH]c(c(CC)c3CC)=NC(=N2)C1(C)CC. The Bertz CT molecular complexity index is 4550. The van der Waals surface area contributed by atoms with Crippen molar-refractivity contribution in [1.29, 1.82) is 0 Å². The molecule has 1 unspecified atom stereocenters. The Morgan fingerprint density at radius 2 is 0.654 bits per heavy atom. The number of allylic oxidation sites excluding steroid dienone is 1. The number of aryl methyl sites for hydroxylation is 1. The van der Waals surface area contributed by atoms with Crippen LogP contribution in [0.15, 0.2) is 27.3 Å². The van der Waals surface area contributed by atoms with Crippen LogP contribution in [0.1, 0.15) is 266 Å². The van der Waals surface area contributed by atoms with Crippen molar-refractivity contribution in [3.05, 3.63) is 78.1 Å². The number of carbonyl (C=O) groups excluding carboxylic acids is 12. The van der Waals surface area contributed by atoms with Crippen molar-refractivity contribution in [1.82, 2.24) is 66.1 Å². The highest BCUT2D eigenvalue weighted by molar-refractivity contribution is 5.96. The van der Waals surface area contributed by atoms with Crippen LogP contribution in [0, 0.1) is 12.3 Å². The van der Waals surface area contributed by atoms with Crippen LogP contribution in [0.25, 0.3) is 18.2 Å². The van der Waals surface area contributed by atoms with E-state index in [9.17, 15) is 57.5 Å². The van der Waals surface area contributed by atoms with Crippen LogP contribution in [-0.2, 0) is 121 Å². The highest BCUT2D eigenvalue weighted by atomic mass is 16.6. The predicted molar refractivity (Wildman–Crippen MR) is 495 cm³/mol. The molecule has 130 heavy (non-hydrogen) atoms. The van der Waals surface area contributed by atoms with Crippen LogP contribution < -0.4 is 43.2 Å². The minimum Gasteiger partial charge on any atom is -0.459 e. The normalized spacial score (nSPS) is 14.8. The fourth-order valence-electron chi connectivity index (χ4n) is 14.6. The number of nitrogens with one attached hydrogen (secondary N) is 7.